The maximum Gasteiger partial charge on any atom is 0.173 e. The van der Waals surface area contributed by atoms with Gasteiger partial charge in [0.05, 0.1) is 4.88 Å². The van der Waals surface area contributed by atoms with E-state index in [0.29, 0.717) is 12.2 Å². The minimum atomic E-state index is 0.301. The van der Waals surface area contributed by atoms with Crippen molar-refractivity contribution in [3.8, 4) is 0 Å². The van der Waals surface area contributed by atoms with Crippen molar-refractivity contribution in [2.75, 3.05) is 6.54 Å². The third-order valence-corrected chi connectivity index (χ3v) is 3.53. The lowest BCUT2D eigenvalue weighted by molar-refractivity contribution is 0.0982. The van der Waals surface area contributed by atoms with Crippen LogP contribution in [-0.4, -0.2) is 12.3 Å². The van der Waals surface area contributed by atoms with Gasteiger partial charge in [-0.05, 0) is 43.3 Å². The van der Waals surface area contributed by atoms with Gasteiger partial charge in [-0.25, -0.2) is 0 Å². The lowest BCUT2D eigenvalue weighted by Crippen LogP contribution is -2.00. The van der Waals surface area contributed by atoms with Gasteiger partial charge in [0, 0.05) is 6.42 Å². The molecule has 84 valence electrons. The van der Waals surface area contributed by atoms with Crippen molar-refractivity contribution in [3.63, 3.8) is 0 Å². The molecule has 0 bridgehead atoms. The zero-order valence-corrected chi connectivity index (χ0v) is 10.1. The fraction of sp³-hybridized carbons (Fsp3) is 0.583. The largest absolute Gasteiger partial charge is 0.330 e. The number of carbonyl (C=O) groups excluding carboxylic acids is 1. The van der Waals surface area contributed by atoms with Gasteiger partial charge in [0.2, 0.25) is 0 Å². The number of thiophene rings is 1. The first-order chi connectivity index (χ1) is 7.25. The molecule has 3 heteroatoms. The fourth-order valence-corrected chi connectivity index (χ4v) is 2.45. The van der Waals surface area contributed by atoms with Crippen LogP contribution in [0.4, 0.5) is 0 Å². The summed E-state index contributed by atoms with van der Waals surface area (Å²) < 4.78 is 0. The molecule has 2 N–H and O–H groups in total. The Labute approximate surface area is 95.5 Å². The van der Waals surface area contributed by atoms with Gasteiger partial charge in [-0.1, -0.05) is 12.8 Å². The van der Waals surface area contributed by atoms with Gasteiger partial charge < -0.3 is 5.73 Å². The molecule has 0 amide bonds. The maximum absolute atomic E-state index is 11.7. The molecule has 0 aromatic carbocycles. The molecule has 0 atom stereocenters. The van der Waals surface area contributed by atoms with Gasteiger partial charge in [0.1, 0.15) is 0 Å². The number of unbranched alkanes of at least 4 members (excludes halogenated alkanes) is 3. The molecule has 0 fully saturated rings. The van der Waals surface area contributed by atoms with Crippen molar-refractivity contribution in [2.24, 2.45) is 5.73 Å². The molecule has 0 radical (unpaired) electrons. The number of ketones is 1. The second-order valence-corrected chi connectivity index (χ2v) is 4.72. The van der Waals surface area contributed by atoms with Gasteiger partial charge in [-0.2, -0.15) is 0 Å². The number of carbonyl (C=O) groups is 1. The summed E-state index contributed by atoms with van der Waals surface area (Å²) in [7, 11) is 0. The molecule has 1 aromatic heterocycles. The molecule has 1 rings (SSSR count). The Morgan fingerprint density at radius 1 is 1.33 bits per heavy atom. The lowest BCUT2D eigenvalue weighted by Gasteiger charge is -2.00. The number of aryl methyl sites for hydroxylation is 1. The first kappa shape index (κ1) is 12.4. The summed E-state index contributed by atoms with van der Waals surface area (Å²) in [4.78, 5) is 12.7. The second-order valence-electron chi connectivity index (χ2n) is 3.81. The fourth-order valence-electron chi connectivity index (χ4n) is 1.56. The van der Waals surface area contributed by atoms with Crippen LogP contribution in [0.3, 0.4) is 0 Å². The smallest absolute Gasteiger partial charge is 0.173 e. The maximum atomic E-state index is 11.7. The number of nitrogens with two attached hydrogens (primary N) is 1. The Balaban J connectivity index is 2.22. The second kappa shape index (κ2) is 6.75. The molecule has 0 spiro atoms. The molecule has 1 aromatic rings. The molecule has 15 heavy (non-hydrogen) atoms. The highest BCUT2D eigenvalue weighted by Crippen LogP contribution is 2.18. The molecule has 2 nitrogen and oxygen atoms in total. The topological polar surface area (TPSA) is 43.1 Å². The highest BCUT2D eigenvalue weighted by atomic mass is 32.1. The van der Waals surface area contributed by atoms with E-state index < -0.39 is 0 Å². The van der Waals surface area contributed by atoms with Gasteiger partial charge in [-0.3, -0.25) is 4.79 Å². The third-order valence-electron chi connectivity index (χ3n) is 2.47. The van der Waals surface area contributed by atoms with Crippen molar-refractivity contribution in [2.45, 2.75) is 39.0 Å². The minimum Gasteiger partial charge on any atom is -0.330 e. The van der Waals surface area contributed by atoms with Crippen LogP contribution in [0, 0.1) is 6.92 Å². The van der Waals surface area contributed by atoms with Gasteiger partial charge in [0.15, 0.2) is 5.78 Å². The number of hydrogen-bond donors (Lipinski definition) is 1. The highest BCUT2D eigenvalue weighted by molar-refractivity contribution is 7.12. The van der Waals surface area contributed by atoms with E-state index in [0.717, 1.165) is 42.7 Å². The number of Topliss-reactive ketones (excluding diaryl/α,β-unsaturated/α-hetero) is 1. The van der Waals surface area contributed by atoms with Crippen LogP contribution in [0.2, 0.25) is 0 Å². The minimum absolute atomic E-state index is 0.301. The zero-order valence-electron chi connectivity index (χ0n) is 9.29. The average molecular weight is 225 g/mol. The Kier molecular flexibility index (Phi) is 5.58. The van der Waals surface area contributed by atoms with Crippen molar-refractivity contribution in [1.29, 1.82) is 0 Å². The van der Waals surface area contributed by atoms with E-state index in [4.69, 9.17) is 5.73 Å². The van der Waals surface area contributed by atoms with E-state index in [1.54, 1.807) is 11.3 Å². The predicted molar refractivity (Wildman–Crippen MR) is 65.5 cm³/mol. The number of hydrogen-bond acceptors (Lipinski definition) is 3. The summed E-state index contributed by atoms with van der Waals surface area (Å²) in [5.74, 6) is 0.301. The van der Waals surface area contributed by atoms with E-state index >= 15 is 0 Å². The monoisotopic (exact) mass is 225 g/mol. The van der Waals surface area contributed by atoms with E-state index in [9.17, 15) is 4.79 Å². The normalized spacial score (nSPS) is 10.5. The molecular weight excluding hydrogens is 206 g/mol. The van der Waals surface area contributed by atoms with E-state index in [2.05, 4.69) is 0 Å². The van der Waals surface area contributed by atoms with E-state index in [1.165, 1.54) is 0 Å². The third kappa shape index (κ3) is 4.14. The summed E-state index contributed by atoms with van der Waals surface area (Å²) in [6.07, 6.45) is 5.02. The quantitative estimate of drug-likeness (QED) is 0.572. The number of rotatable bonds is 7. The SMILES string of the molecule is Cc1ccsc1C(=O)CCCCCCN. The van der Waals surface area contributed by atoms with Crippen LogP contribution >= 0.6 is 11.3 Å². The summed E-state index contributed by atoms with van der Waals surface area (Å²) in [5, 5.41) is 1.98. The summed E-state index contributed by atoms with van der Waals surface area (Å²) in [6, 6.07) is 2.01. The van der Waals surface area contributed by atoms with Crippen molar-refractivity contribution in [3.05, 3.63) is 21.9 Å². The summed E-state index contributed by atoms with van der Waals surface area (Å²) in [5.41, 5.74) is 6.52. The Morgan fingerprint density at radius 2 is 2.07 bits per heavy atom. The first-order valence-electron chi connectivity index (χ1n) is 5.53. The Hall–Kier alpha value is -0.670. The molecule has 0 aliphatic heterocycles. The standard InChI is InChI=1S/C12H19NOS/c1-10-7-9-15-12(10)11(14)6-4-2-3-5-8-13/h7,9H,2-6,8,13H2,1H3. The van der Waals surface area contributed by atoms with Gasteiger partial charge in [0.25, 0.3) is 0 Å². The van der Waals surface area contributed by atoms with Crippen LogP contribution in [0.15, 0.2) is 11.4 Å². The van der Waals surface area contributed by atoms with Crippen molar-refractivity contribution in [1.82, 2.24) is 0 Å². The van der Waals surface area contributed by atoms with Crippen molar-refractivity contribution >= 4 is 17.1 Å². The lowest BCUT2D eigenvalue weighted by atomic mass is 10.1. The van der Waals surface area contributed by atoms with Crippen LogP contribution in [0.5, 0.6) is 0 Å². The van der Waals surface area contributed by atoms with Gasteiger partial charge in [-0.15, -0.1) is 11.3 Å². The predicted octanol–water partition coefficient (Wildman–Crippen LogP) is 3.15. The van der Waals surface area contributed by atoms with Crippen LogP contribution in [0.1, 0.15) is 47.3 Å². The molecular formula is C12H19NOS. The summed E-state index contributed by atoms with van der Waals surface area (Å²) in [6.45, 7) is 2.76. The van der Waals surface area contributed by atoms with Crippen LogP contribution in [0.25, 0.3) is 0 Å². The Bertz CT molecular complexity index is 306. The van der Waals surface area contributed by atoms with Gasteiger partial charge >= 0.3 is 0 Å². The van der Waals surface area contributed by atoms with Crippen LogP contribution < -0.4 is 5.73 Å². The molecule has 0 unspecified atom stereocenters. The molecule has 1 heterocycles. The van der Waals surface area contributed by atoms with Crippen molar-refractivity contribution < 1.29 is 4.79 Å². The molecule has 0 aliphatic rings. The van der Waals surface area contributed by atoms with Crippen LogP contribution in [-0.2, 0) is 0 Å². The first-order valence-corrected chi connectivity index (χ1v) is 6.41. The molecule has 0 saturated heterocycles. The van der Waals surface area contributed by atoms with E-state index in [1.807, 2.05) is 18.4 Å². The average Bonchev–Trinajstić information content (AvgIpc) is 2.64. The molecule has 0 saturated carbocycles. The highest BCUT2D eigenvalue weighted by Gasteiger charge is 2.09. The Morgan fingerprint density at radius 3 is 2.67 bits per heavy atom. The summed E-state index contributed by atoms with van der Waals surface area (Å²) >= 11 is 1.56. The zero-order chi connectivity index (χ0) is 11.1. The van der Waals surface area contributed by atoms with E-state index in [-0.39, 0.29) is 0 Å². The molecule has 0 aliphatic carbocycles.